The van der Waals surface area contributed by atoms with Crippen LogP contribution in [0.3, 0.4) is 0 Å². The molecule has 1 aromatic rings. The summed E-state index contributed by atoms with van der Waals surface area (Å²) < 4.78 is 0. The summed E-state index contributed by atoms with van der Waals surface area (Å²) in [6, 6.07) is 8.29. The average molecular weight is 249 g/mol. The van der Waals surface area contributed by atoms with Crippen molar-refractivity contribution in [3.05, 3.63) is 30.3 Å². The number of benzene rings is 1. The second-order valence-corrected chi connectivity index (χ2v) is 4.33. The number of nitrogens with two attached hydrogens (primary N) is 1. The molecule has 0 spiro atoms. The maximum atomic E-state index is 11.8. The van der Waals surface area contributed by atoms with E-state index in [1.54, 1.807) is 26.0 Å². The van der Waals surface area contributed by atoms with Gasteiger partial charge in [0.15, 0.2) is 0 Å². The van der Waals surface area contributed by atoms with Gasteiger partial charge in [0.25, 0.3) is 0 Å². The van der Waals surface area contributed by atoms with Gasteiger partial charge in [-0.05, 0) is 26.0 Å². The van der Waals surface area contributed by atoms with Gasteiger partial charge in [0.2, 0.25) is 11.8 Å². The Balaban J connectivity index is 2.44. The summed E-state index contributed by atoms with van der Waals surface area (Å²) in [6.07, 6.45) is 0.211. The van der Waals surface area contributed by atoms with Crippen LogP contribution in [0.25, 0.3) is 0 Å². The fourth-order valence-corrected chi connectivity index (χ4v) is 1.43. The highest BCUT2D eigenvalue weighted by atomic mass is 16.2. The lowest BCUT2D eigenvalue weighted by atomic mass is 10.2. The molecule has 5 nitrogen and oxygen atoms in total. The standard InChI is InChI=1S/C13H19N3O2/c1-9(14)8-12(17)15-10(2)13(18)16-11-6-4-3-5-7-11/h3-7,9-10H,8,14H2,1-2H3,(H,15,17)(H,16,18). The normalized spacial score (nSPS) is 13.5. The molecular formula is C13H19N3O2. The second kappa shape index (κ2) is 6.76. The molecule has 0 fully saturated rings. The van der Waals surface area contributed by atoms with E-state index >= 15 is 0 Å². The molecule has 0 aliphatic rings. The average Bonchev–Trinajstić information content (AvgIpc) is 2.28. The molecular weight excluding hydrogens is 230 g/mol. The van der Waals surface area contributed by atoms with E-state index in [9.17, 15) is 9.59 Å². The number of rotatable bonds is 5. The van der Waals surface area contributed by atoms with Crippen molar-refractivity contribution in [2.75, 3.05) is 5.32 Å². The number of nitrogens with one attached hydrogen (secondary N) is 2. The van der Waals surface area contributed by atoms with Gasteiger partial charge in [-0.25, -0.2) is 0 Å². The molecule has 2 unspecified atom stereocenters. The summed E-state index contributed by atoms with van der Waals surface area (Å²) in [7, 11) is 0. The Bertz CT molecular complexity index is 404. The van der Waals surface area contributed by atoms with Gasteiger partial charge in [-0.3, -0.25) is 9.59 Å². The van der Waals surface area contributed by atoms with E-state index in [0.717, 1.165) is 0 Å². The number of para-hydroxylation sites is 1. The predicted octanol–water partition coefficient (Wildman–Crippen LogP) is 0.867. The number of hydrogen-bond acceptors (Lipinski definition) is 3. The summed E-state index contributed by atoms with van der Waals surface area (Å²) in [6.45, 7) is 3.38. The fraction of sp³-hybridized carbons (Fsp3) is 0.385. The van der Waals surface area contributed by atoms with Crippen molar-refractivity contribution >= 4 is 17.5 Å². The first-order valence-electron chi connectivity index (χ1n) is 5.90. The molecule has 0 bridgehead atoms. The third kappa shape index (κ3) is 4.97. The van der Waals surface area contributed by atoms with Gasteiger partial charge in [0, 0.05) is 18.2 Å². The summed E-state index contributed by atoms with van der Waals surface area (Å²) in [5, 5.41) is 5.32. The lowest BCUT2D eigenvalue weighted by molar-refractivity contribution is -0.126. The second-order valence-electron chi connectivity index (χ2n) is 4.33. The molecule has 4 N–H and O–H groups in total. The number of carbonyl (C=O) groups is 2. The first kappa shape index (κ1) is 14.2. The molecule has 0 saturated carbocycles. The molecule has 0 radical (unpaired) electrons. The minimum absolute atomic E-state index is 0.211. The van der Waals surface area contributed by atoms with Gasteiger partial charge >= 0.3 is 0 Å². The minimum atomic E-state index is -0.587. The van der Waals surface area contributed by atoms with E-state index in [1.807, 2.05) is 18.2 Å². The van der Waals surface area contributed by atoms with Crippen LogP contribution in [-0.4, -0.2) is 23.9 Å². The van der Waals surface area contributed by atoms with Crippen LogP contribution < -0.4 is 16.4 Å². The zero-order valence-corrected chi connectivity index (χ0v) is 10.6. The maximum Gasteiger partial charge on any atom is 0.246 e. The first-order chi connectivity index (χ1) is 8.49. The van der Waals surface area contributed by atoms with Crippen LogP contribution in [0.15, 0.2) is 30.3 Å². The molecule has 1 rings (SSSR count). The Morgan fingerprint density at radius 1 is 1.22 bits per heavy atom. The molecule has 0 saturated heterocycles. The quantitative estimate of drug-likeness (QED) is 0.724. The molecule has 18 heavy (non-hydrogen) atoms. The predicted molar refractivity (Wildman–Crippen MR) is 70.9 cm³/mol. The third-order valence-electron chi connectivity index (χ3n) is 2.32. The Morgan fingerprint density at radius 3 is 2.39 bits per heavy atom. The van der Waals surface area contributed by atoms with Crippen molar-refractivity contribution in [2.24, 2.45) is 5.73 Å². The molecule has 2 atom stereocenters. The van der Waals surface area contributed by atoms with Crippen molar-refractivity contribution < 1.29 is 9.59 Å². The molecule has 0 heterocycles. The Hall–Kier alpha value is -1.88. The van der Waals surface area contributed by atoms with Gasteiger partial charge in [0.1, 0.15) is 6.04 Å². The number of amides is 2. The topological polar surface area (TPSA) is 84.2 Å². The van der Waals surface area contributed by atoms with Crippen LogP contribution in [0.1, 0.15) is 20.3 Å². The summed E-state index contributed by atoms with van der Waals surface area (Å²) >= 11 is 0. The van der Waals surface area contributed by atoms with E-state index in [1.165, 1.54) is 0 Å². The molecule has 0 aromatic heterocycles. The molecule has 0 aliphatic heterocycles. The zero-order chi connectivity index (χ0) is 13.5. The monoisotopic (exact) mass is 249 g/mol. The number of hydrogen-bond donors (Lipinski definition) is 3. The van der Waals surface area contributed by atoms with E-state index in [0.29, 0.717) is 5.69 Å². The van der Waals surface area contributed by atoms with Gasteiger partial charge in [-0.2, -0.15) is 0 Å². The first-order valence-corrected chi connectivity index (χ1v) is 5.90. The van der Waals surface area contributed by atoms with Crippen LogP contribution in [0, 0.1) is 0 Å². The van der Waals surface area contributed by atoms with Crippen molar-refractivity contribution in [3.63, 3.8) is 0 Å². The summed E-state index contributed by atoms with van der Waals surface area (Å²) in [4.78, 5) is 23.2. The van der Waals surface area contributed by atoms with E-state index in [2.05, 4.69) is 10.6 Å². The Labute approximate surface area is 107 Å². The van der Waals surface area contributed by atoms with E-state index < -0.39 is 6.04 Å². The smallest absolute Gasteiger partial charge is 0.246 e. The highest BCUT2D eigenvalue weighted by Crippen LogP contribution is 2.05. The summed E-state index contributed by atoms with van der Waals surface area (Å²) in [5.74, 6) is -0.472. The van der Waals surface area contributed by atoms with Crippen LogP contribution in [-0.2, 0) is 9.59 Å². The van der Waals surface area contributed by atoms with Crippen LogP contribution in [0.5, 0.6) is 0 Å². The molecule has 98 valence electrons. The molecule has 2 amide bonds. The lowest BCUT2D eigenvalue weighted by Crippen LogP contribution is -2.43. The van der Waals surface area contributed by atoms with Gasteiger partial charge in [0.05, 0.1) is 0 Å². The van der Waals surface area contributed by atoms with Crippen molar-refractivity contribution in [1.82, 2.24) is 5.32 Å². The minimum Gasteiger partial charge on any atom is -0.345 e. The highest BCUT2D eigenvalue weighted by Gasteiger charge is 2.16. The SMILES string of the molecule is CC(N)CC(=O)NC(C)C(=O)Nc1ccccc1. The van der Waals surface area contributed by atoms with Crippen molar-refractivity contribution in [2.45, 2.75) is 32.4 Å². The third-order valence-corrected chi connectivity index (χ3v) is 2.32. The largest absolute Gasteiger partial charge is 0.345 e. The lowest BCUT2D eigenvalue weighted by Gasteiger charge is -2.14. The van der Waals surface area contributed by atoms with E-state index in [4.69, 9.17) is 5.73 Å². The fourth-order valence-electron chi connectivity index (χ4n) is 1.43. The molecule has 5 heteroatoms. The van der Waals surface area contributed by atoms with Crippen LogP contribution in [0.2, 0.25) is 0 Å². The number of anilines is 1. The van der Waals surface area contributed by atoms with Crippen LogP contribution in [0.4, 0.5) is 5.69 Å². The van der Waals surface area contributed by atoms with E-state index in [-0.39, 0.29) is 24.3 Å². The van der Waals surface area contributed by atoms with Gasteiger partial charge < -0.3 is 16.4 Å². The Morgan fingerprint density at radius 2 is 1.83 bits per heavy atom. The van der Waals surface area contributed by atoms with Gasteiger partial charge in [-0.15, -0.1) is 0 Å². The van der Waals surface area contributed by atoms with Gasteiger partial charge in [-0.1, -0.05) is 18.2 Å². The van der Waals surface area contributed by atoms with Crippen molar-refractivity contribution in [1.29, 1.82) is 0 Å². The zero-order valence-electron chi connectivity index (χ0n) is 10.6. The van der Waals surface area contributed by atoms with Crippen LogP contribution >= 0.6 is 0 Å². The molecule has 1 aromatic carbocycles. The highest BCUT2D eigenvalue weighted by molar-refractivity contribution is 5.96. The van der Waals surface area contributed by atoms with Crippen molar-refractivity contribution in [3.8, 4) is 0 Å². The maximum absolute atomic E-state index is 11.8. The number of carbonyl (C=O) groups excluding carboxylic acids is 2. The molecule has 0 aliphatic carbocycles. The summed E-state index contributed by atoms with van der Waals surface area (Å²) in [5.41, 5.74) is 6.21. The Kier molecular flexibility index (Phi) is 5.32.